The molecule has 1 fully saturated rings. The van der Waals surface area contributed by atoms with E-state index in [2.05, 4.69) is 6.92 Å². The van der Waals surface area contributed by atoms with Gasteiger partial charge in [0.05, 0.1) is 5.56 Å². The molecule has 2 rings (SSSR count). The van der Waals surface area contributed by atoms with E-state index in [1.807, 2.05) is 11.8 Å². The third kappa shape index (κ3) is 4.50. The lowest BCUT2D eigenvalue weighted by Gasteiger charge is -2.39. The summed E-state index contributed by atoms with van der Waals surface area (Å²) in [5.74, 6) is 0.328. The van der Waals surface area contributed by atoms with Gasteiger partial charge in [-0.05, 0) is 42.9 Å². The van der Waals surface area contributed by atoms with Gasteiger partial charge in [-0.3, -0.25) is 4.79 Å². The molecule has 0 aliphatic carbocycles. The fourth-order valence-corrected chi connectivity index (χ4v) is 3.32. The van der Waals surface area contributed by atoms with Crippen molar-refractivity contribution >= 4 is 5.91 Å². The lowest BCUT2D eigenvalue weighted by atomic mass is 9.90. The predicted molar refractivity (Wildman–Crippen MR) is 87.3 cm³/mol. The lowest BCUT2D eigenvalue weighted by Crippen LogP contribution is -2.51. The largest absolute Gasteiger partial charge is 0.416 e. The van der Waals surface area contributed by atoms with Gasteiger partial charge in [0.25, 0.3) is 0 Å². The van der Waals surface area contributed by atoms with Crippen LogP contribution >= 0.6 is 0 Å². The zero-order chi connectivity index (χ0) is 17.9. The molecule has 0 radical (unpaired) electrons. The van der Waals surface area contributed by atoms with Gasteiger partial charge < -0.3 is 10.6 Å². The number of alkyl halides is 3. The number of nitrogens with zero attached hydrogens (tertiary/aromatic N) is 1. The van der Waals surface area contributed by atoms with Crippen LogP contribution in [0.15, 0.2) is 24.3 Å². The first-order chi connectivity index (χ1) is 11.2. The fraction of sp³-hybridized carbons (Fsp3) is 0.611. The summed E-state index contributed by atoms with van der Waals surface area (Å²) in [6.07, 6.45) is -2.02. The fourth-order valence-electron chi connectivity index (χ4n) is 3.32. The van der Waals surface area contributed by atoms with Crippen molar-refractivity contribution in [3.63, 3.8) is 0 Å². The van der Waals surface area contributed by atoms with Crippen LogP contribution in [0.5, 0.6) is 0 Å². The van der Waals surface area contributed by atoms with Crippen LogP contribution in [0.25, 0.3) is 0 Å². The molecular formula is C18H25F3N2O. The second-order valence-electron chi connectivity index (χ2n) is 6.85. The maximum atomic E-state index is 12.7. The first-order valence-corrected chi connectivity index (χ1v) is 8.39. The summed E-state index contributed by atoms with van der Waals surface area (Å²) >= 11 is 0. The van der Waals surface area contributed by atoms with Gasteiger partial charge in [-0.25, -0.2) is 0 Å². The summed E-state index contributed by atoms with van der Waals surface area (Å²) in [6.45, 7) is 5.14. The van der Waals surface area contributed by atoms with E-state index in [9.17, 15) is 18.0 Å². The molecule has 1 aromatic carbocycles. The predicted octanol–water partition coefficient (Wildman–Crippen LogP) is 3.47. The number of carbonyl (C=O) groups is 1. The number of hydrogen-bond acceptors (Lipinski definition) is 2. The number of halogens is 3. The van der Waals surface area contributed by atoms with Crippen molar-refractivity contribution in [1.82, 2.24) is 4.90 Å². The normalized spacial score (nSPS) is 23.2. The maximum absolute atomic E-state index is 12.7. The first kappa shape index (κ1) is 18.8. The Labute approximate surface area is 141 Å². The highest BCUT2D eigenvalue weighted by Gasteiger charge is 2.32. The van der Waals surface area contributed by atoms with E-state index in [1.165, 1.54) is 12.1 Å². The molecular weight excluding hydrogens is 317 g/mol. The summed E-state index contributed by atoms with van der Waals surface area (Å²) in [4.78, 5) is 14.6. The quantitative estimate of drug-likeness (QED) is 0.911. The molecule has 1 aliphatic heterocycles. The summed E-state index contributed by atoms with van der Waals surface area (Å²) in [7, 11) is 0. The first-order valence-electron chi connectivity index (χ1n) is 8.39. The molecule has 6 heteroatoms. The molecule has 3 atom stereocenters. The molecule has 134 valence electrons. The Morgan fingerprint density at radius 2 is 1.96 bits per heavy atom. The minimum absolute atomic E-state index is 0.0391. The van der Waals surface area contributed by atoms with E-state index < -0.39 is 11.7 Å². The molecule has 3 nitrogen and oxygen atoms in total. The molecule has 24 heavy (non-hydrogen) atoms. The highest BCUT2D eigenvalue weighted by atomic mass is 19.4. The summed E-state index contributed by atoms with van der Waals surface area (Å²) in [6, 6.07) is 5.10. The molecule has 0 aromatic heterocycles. The van der Waals surface area contributed by atoms with Crippen LogP contribution in [-0.4, -0.2) is 29.9 Å². The van der Waals surface area contributed by atoms with Crippen molar-refractivity contribution < 1.29 is 18.0 Å². The van der Waals surface area contributed by atoms with Crippen LogP contribution in [0.1, 0.15) is 37.8 Å². The van der Waals surface area contributed by atoms with E-state index in [-0.39, 0.29) is 17.9 Å². The van der Waals surface area contributed by atoms with Gasteiger partial charge in [-0.15, -0.1) is 0 Å². The number of benzene rings is 1. The Bertz CT molecular complexity index is 556. The molecule has 0 bridgehead atoms. The minimum atomic E-state index is -4.33. The van der Waals surface area contributed by atoms with E-state index in [0.29, 0.717) is 25.4 Å². The molecule has 1 saturated heterocycles. The number of amides is 1. The number of likely N-dealkylation sites (tertiary alicyclic amines) is 1. The zero-order valence-electron chi connectivity index (χ0n) is 14.1. The standard InChI is InChI=1S/C18H25F3N2O/c1-12-7-8-23(16(9-12)11-22)17(24)13(2)10-14-3-5-15(6-4-14)18(19,20)21/h3-6,12-13,16H,7-11,22H2,1-2H3. The number of nitrogens with two attached hydrogens (primary N) is 1. The molecule has 1 aromatic rings. The Balaban J connectivity index is 2.01. The number of piperidine rings is 1. The van der Waals surface area contributed by atoms with Crippen LogP contribution < -0.4 is 5.73 Å². The average molecular weight is 342 g/mol. The third-order valence-electron chi connectivity index (χ3n) is 4.78. The number of hydrogen-bond donors (Lipinski definition) is 1. The molecule has 1 amide bonds. The van der Waals surface area contributed by atoms with Gasteiger partial charge in [-0.2, -0.15) is 13.2 Å². The van der Waals surface area contributed by atoms with Crippen molar-refractivity contribution in [1.29, 1.82) is 0 Å². The van der Waals surface area contributed by atoms with Crippen LogP contribution in [-0.2, 0) is 17.4 Å². The van der Waals surface area contributed by atoms with Crippen LogP contribution in [0.3, 0.4) is 0 Å². The third-order valence-corrected chi connectivity index (χ3v) is 4.78. The van der Waals surface area contributed by atoms with E-state index in [4.69, 9.17) is 5.73 Å². The van der Waals surface area contributed by atoms with E-state index >= 15 is 0 Å². The van der Waals surface area contributed by atoms with E-state index in [1.54, 1.807) is 0 Å². The average Bonchev–Trinajstić information content (AvgIpc) is 2.53. The monoisotopic (exact) mass is 342 g/mol. The second kappa shape index (κ2) is 7.55. The van der Waals surface area contributed by atoms with Crippen molar-refractivity contribution in [2.75, 3.05) is 13.1 Å². The number of carbonyl (C=O) groups excluding carboxylic acids is 1. The summed E-state index contributed by atoms with van der Waals surface area (Å²) in [5.41, 5.74) is 5.87. The Hall–Kier alpha value is -1.56. The minimum Gasteiger partial charge on any atom is -0.338 e. The topological polar surface area (TPSA) is 46.3 Å². The molecule has 0 saturated carbocycles. The van der Waals surface area contributed by atoms with Crippen molar-refractivity contribution in [2.45, 2.75) is 45.3 Å². The maximum Gasteiger partial charge on any atom is 0.416 e. The number of rotatable bonds is 4. The van der Waals surface area contributed by atoms with E-state index in [0.717, 1.165) is 30.5 Å². The smallest absolute Gasteiger partial charge is 0.338 e. The van der Waals surface area contributed by atoms with Crippen molar-refractivity contribution in [2.24, 2.45) is 17.6 Å². The SMILES string of the molecule is CC1CCN(C(=O)C(C)Cc2ccc(C(F)(F)F)cc2)C(CN)C1. The molecule has 1 heterocycles. The molecule has 1 aliphatic rings. The van der Waals surface area contributed by atoms with Gasteiger partial charge in [0.2, 0.25) is 5.91 Å². The van der Waals surface area contributed by atoms with Gasteiger partial charge in [0.1, 0.15) is 0 Å². The zero-order valence-corrected chi connectivity index (χ0v) is 14.1. The van der Waals surface area contributed by atoms with Gasteiger partial charge >= 0.3 is 6.18 Å². The highest BCUT2D eigenvalue weighted by Crippen LogP contribution is 2.30. The van der Waals surface area contributed by atoms with Gasteiger partial charge in [0.15, 0.2) is 0 Å². The summed E-state index contributed by atoms with van der Waals surface area (Å²) < 4.78 is 37.8. The molecule has 3 unspecified atom stereocenters. The Morgan fingerprint density at radius 1 is 1.33 bits per heavy atom. The highest BCUT2D eigenvalue weighted by molar-refractivity contribution is 5.79. The molecule has 0 spiro atoms. The van der Waals surface area contributed by atoms with Crippen LogP contribution in [0.4, 0.5) is 13.2 Å². The molecule has 2 N–H and O–H groups in total. The second-order valence-corrected chi connectivity index (χ2v) is 6.85. The van der Waals surface area contributed by atoms with Crippen molar-refractivity contribution in [3.05, 3.63) is 35.4 Å². The van der Waals surface area contributed by atoms with Gasteiger partial charge in [0, 0.05) is 25.0 Å². The lowest BCUT2D eigenvalue weighted by molar-refractivity contribution is -0.139. The van der Waals surface area contributed by atoms with Crippen LogP contribution in [0, 0.1) is 11.8 Å². The summed E-state index contributed by atoms with van der Waals surface area (Å²) in [5, 5.41) is 0. The van der Waals surface area contributed by atoms with Crippen molar-refractivity contribution in [3.8, 4) is 0 Å². The van der Waals surface area contributed by atoms with Crippen LogP contribution in [0.2, 0.25) is 0 Å². The van der Waals surface area contributed by atoms with Gasteiger partial charge in [-0.1, -0.05) is 26.0 Å². The Kier molecular flexibility index (Phi) is 5.91. The Morgan fingerprint density at radius 3 is 2.50 bits per heavy atom.